The summed E-state index contributed by atoms with van der Waals surface area (Å²) in [5.74, 6) is 0.363. The third-order valence-electron chi connectivity index (χ3n) is 3.16. The van der Waals surface area contributed by atoms with Crippen molar-refractivity contribution in [3.8, 4) is 18.1 Å². The fourth-order valence-electron chi connectivity index (χ4n) is 1.94. The molecule has 0 fully saturated rings. The number of nitrogens with zero attached hydrogens (tertiary/aromatic N) is 1. The molecule has 0 saturated heterocycles. The average Bonchev–Trinajstić information content (AvgIpc) is 2.45. The lowest BCUT2D eigenvalue weighted by Crippen LogP contribution is -2.10. The molecule has 1 aromatic carbocycles. The summed E-state index contributed by atoms with van der Waals surface area (Å²) in [7, 11) is 0. The van der Waals surface area contributed by atoms with Crippen LogP contribution in [0.5, 0.6) is 5.75 Å². The van der Waals surface area contributed by atoms with E-state index in [2.05, 4.69) is 10.9 Å². The SMILES string of the molecule is C#CCCC(=O)Oc1c(C)c(C)nc2c(F)ccc(F)c12. The van der Waals surface area contributed by atoms with E-state index >= 15 is 0 Å². The number of benzene rings is 1. The highest BCUT2D eigenvalue weighted by molar-refractivity contribution is 5.90. The lowest BCUT2D eigenvalue weighted by molar-refractivity contribution is -0.134. The van der Waals surface area contributed by atoms with E-state index in [1.165, 1.54) is 0 Å². The molecule has 2 aromatic rings. The maximum atomic E-state index is 14.0. The molecule has 0 atom stereocenters. The van der Waals surface area contributed by atoms with E-state index in [4.69, 9.17) is 11.2 Å². The standard InChI is InChI=1S/C16H13F2NO2/c1-4-5-6-13(20)21-16-9(2)10(3)19-15-12(18)8-7-11(17)14(15)16/h1,7-8H,5-6H2,2-3H3. The largest absolute Gasteiger partial charge is 0.425 e. The molecule has 0 saturated carbocycles. The molecule has 2 rings (SSSR count). The molecule has 0 N–H and O–H groups in total. The molecular formula is C16H13F2NO2. The number of halogens is 2. The number of carbonyl (C=O) groups excluding carboxylic acids is 1. The summed E-state index contributed by atoms with van der Waals surface area (Å²) in [5.41, 5.74) is 0.797. The summed E-state index contributed by atoms with van der Waals surface area (Å²) >= 11 is 0. The van der Waals surface area contributed by atoms with Crippen LogP contribution in [0.15, 0.2) is 12.1 Å². The molecule has 3 nitrogen and oxygen atoms in total. The van der Waals surface area contributed by atoms with Gasteiger partial charge in [-0.3, -0.25) is 4.79 Å². The molecule has 0 aliphatic heterocycles. The van der Waals surface area contributed by atoms with Gasteiger partial charge in [-0.15, -0.1) is 12.3 Å². The van der Waals surface area contributed by atoms with Crippen molar-refractivity contribution in [1.29, 1.82) is 0 Å². The minimum Gasteiger partial charge on any atom is -0.425 e. The number of carbonyl (C=O) groups is 1. The van der Waals surface area contributed by atoms with Gasteiger partial charge in [-0.2, -0.15) is 0 Å². The van der Waals surface area contributed by atoms with Gasteiger partial charge < -0.3 is 4.74 Å². The van der Waals surface area contributed by atoms with Crippen molar-refractivity contribution in [2.75, 3.05) is 0 Å². The van der Waals surface area contributed by atoms with Gasteiger partial charge in [-0.1, -0.05) is 0 Å². The Labute approximate surface area is 120 Å². The van der Waals surface area contributed by atoms with Crippen LogP contribution in [0.4, 0.5) is 8.78 Å². The number of aryl methyl sites for hydroxylation is 1. The molecular weight excluding hydrogens is 276 g/mol. The summed E-state index contributed by atoms with van der Waals surface area (Å²) in [6.45, 7) is 3.27. The predicted molar refractivity (Wildman–Crippen MR) is 74.8 cm³/mol. The number of aromatic nitrogens is 1. The molecule has 21 heavy (non-hydrogen) atoms. The van der Waals surface area contributed by atoms with E-state index in [1.807, 2.05) is 0 Å². The van der Waals surface area contributed by atoms with Gasteiger partial charge in [0.25, 0.3) is 0 Å². The van der Waals surface area contributed by atoms with Crippen LogP contribution in [-0.4, -0.2) is 11.0 Å². The minimum atomic E-state index is -0.693. The number of pyridine rings is 1. The van der Waals surface area contributed by atoms with Gasteiger partial charge in [0.05, 0.1) is 11.8 Å². The highest BCUT2D eigenvalue weighted by Crippen LogP contribution is 2.33. The number of hydrogen-bond donors (Lipinski definition) is 0. The van der Waals surface area contributed by atoms with Crippen LogP contribution in [0, 0.1) is 37.8 Å². The Hall–Kier alpha value is -2.48. The van der Waals surface area contributed by atoms with Gasteiger partial charge in [0, 0.05) is 17.7 Å². The summed E-state index contributed by atoms with van der Waals surface area (Å²) in [6, 6.07) is 1.97. The van der Waals surface area contributed by atoms with Gasteiger partial charge >= 0.3 is 5.97 Å². The summed E-state index contributed by atoms with van der Waals surface area (Å²) in [5, 5.41) is -0.132. The average molecular weight is 289 g/mol. The molecule has 1 heterocycles. The zero-order valence-electron chi connectivity index (χ0n) is 11.7. The first-order chi connectivity index (χ1) is 9.95. The van der Waals surface area contributed by atoms with Crippen molar-refractivity contribution < 1.29 is 18.3 Å². The van der Waals surface area contributed by atoms with Crippen molar-refractivity contribution >= 4 is 16.9 Å². The van der Waals surface area contributed by atoms with E-state index in [0.717, 1.165) is 12.1 Å². The monoisotopic (exact) mass is 289 g/mol. The van der Waals surface area contributed by atoms with Gasteiger partial charge in [0.1, 0.15) is 22.9 Å². The second-order valence-electron chi connectivity index (χ2n) is 4.58. The molecule has 0 bridgehead atoms. The Kier molecular flexibility index (Phi) is 4.18. The Morgan fingerprint density at radius 2 is 2.00 bits per heavy atom. The van der Waals surface area contributed by atoms with Crippen LogP contribution >= 0.6 is 0 Å². The number of ether oxygens (including phenoxy) is 1. The van der Waals surface area contributed by atoms with Crippen LogP contribution in [-0.2, 0) is 4.79 Å². The Bertz CT molecular complexity index is 763. The molecule has 0 aliphatic carbocycles. The van der Waals surface area contributed by atoms with Crippen molar-refractivity contribution in [3.63, 3.8) is 0 Å². The molecule has 1 aromatic heterocycles. The van der Waals surface area contributed by atoms with E-state index in [-0.39, 0.29) is 29.5 Å². The zero-order chi connectivity index (χ0) is 15.6. The maximum absolute atomic E-state index is 14.0. The number of terminal acetylenes is 1. The Morgan fingerprint density at radius 1 is 1.33 bits per heavy atom. The lowest BCUT2D eigenvalue weighted by Gasteiger charge is -2.13. The van der Waals surface area contributed by atoms with E-state index in [1.54, 1.807) is 13.8 Å². The second kappa shape index (κ2) is 5.88. The molecule has 0 amide bonds. The molecule has 0 unspecified atom stereocenters. The predicted octanol–water partition coefficient (Wildman–Crippen LogP) is 3.45. The van der Waals surface area contributed by atoms with Crippen LogP contribution in [0.3, 0.4) is 0 Å². The molecule has 0 spiro atoms. The van der Waals surface area contributed by atoms with Crippen LogP contribution < -0.4 is 4.74 Å². The van der Waals surface area contributed by atoms with E-state index in [0.29, 0.717) is 11.3 Å². The maximum Gasteiger partial charge on any atom is 0.312 e. The highest BCUT2D eigenvalue weighted by atomic mass is 19.1. The summed E-state index contributed by atoms with van der Waals surface area (Å²) in [6.07, 6.45) is 5.31. The third-order valence-corrected chi connectivity index (χ3v) is 3.16. The first kappa shape index (κ1) is 14.9. The lowest BCUT2D eigenvalue weighted by atomic mass is 10.1. The third kappa shape index (κ3) is 2.84. The van der Waals surface area contributed by atoms with Crippen LogP contribution in [0.25, 0.3) is 10.9 Å². The number of rotatable bonds is 3. The fraction of sp³-hybridized carbons (Fsp3) is 0.250. The van der Waals surface area contributed by atoms with E-state index < -0.39 is 17.6 Å². The second-order valence-corrected chi connectivity index (χ2v) is 4.58. The van der Waals surface area contributed by atoms with Gasteiger partial charge in [-0.25, -0.2) is 13.8 Å². The number of esters is 1. The fourth-order valence-corrected chi connectivity index (χ4v) is 1.94. The smallest absolute Gasteiger partial charge is 0.312 e. The molecule has 0 radical (unpaired) electrons. The highest BCUT2D eigenvalue weighted by Gasteiger charge is 2.19. The van der Waals surface area contributed by atoms with Gasteiger partial charge in [-0.05, 0) is 26.0 Å². The van der Waals surface area contributed by atoms with Crippen molar-refractivity contribution in [2.45, 2.75) is 26.7 Å². The van der Waals surface area contributed by atoms with Crippen molar-refractivity contribution in [1.82, 2.24) is 4.98 Å². The number of hydrogen-bond acceptors (Lipinski definition) is 3. The van der Waals surface area contributed by atoms with Crippen LogP contribution in [0.2, 0.25) is 0 Å². The first-order valence-corrected chi connectivity index (χ1v) is 6.34. The zero-order valence-corrected chi connectivity index (χ0v) is 11.7. The quantitative estimate of drug-likeness (QED) is 0.641. The number of fused-ring (bicyclic) bond motifs is 1. The molecule has 108 valence electrons. The molecule has 5 heteroatoms. The van der Waals surface area contributed by atoms with Crippen molar-refractivity contribution in [3.05, 3.63) is 35.0 Å². The topological polar surface area (TPSA) is 39.2 Å². The van der Waals surface area contributed by atoms with Gasteiger partial charge in [0.2, 0.25) is 0 Å². The first-order valence-electron chi connectivity index (χ1n) is 6.34. The van der Waals surface area contributed by atoms with Crippen LogP contribution in [0.1, 0.15) is 24.1 Å². The van der Waals surface area contributed by atoms with Gasteiger partial charge in [0.15, 0.2) is 0 Å². The van der Waals surface area contributed by atoms with Crippen molar-refractivity contribution in [2.24, 2.45) is 0 Å². The normalized spacial score (nSPS) is 10.4. The molecule has 0 aliphatic rings. The Balaban J connectivity index is 2.61. The Morgan fingerprint density at radius 3 is 2.67 bits per heavy atom. The summed E-state index contributed by atoms with van der Waals surface area (Å²) < 4.78 is 33.0. The van der Waals surface area contributed by atoms with E-state index in [9.17, 15) is 13.6 Å². The minimum absolute atomic E-state index is 0.00322. The summed E-state index contributed by atoms with van der Waals surface area (Å²) in [4.78, 5) is 15.7.